The van der Waals surface area contributed by atoms with Gasteiger partial charge in [-0.3, -0.25) is 4.79 Å². The molecular weight excluding hydrogens is 554 g/mol. The van der Waals surface area contributed by atoms with E-state index in [0.29, 0.717) is 38.1 Å². The van der Waals surface area contributed by atoms with Crippen molar-refractivity contribution in [2.75, 3.05) is 39.8 Å². The fourth-order valence-electron chi connectivity index (χ4n) is 6.36. The van der Waals surface area contributed by atoms with Gasteiger partial charge in [0, 0.05) is 59.5 Å². The second-order valence-corrected chi connectivity index (χ2v) is 11.5. The van der Waals surface area contributed by atoms with E-state index in [1.54, 1.807) is 4.57 Å². The van der Waals surface area contributed by atoms with Gasteiger partial charge in [0.05, 0.1) is 12.1 Å². The third-order valence-electron chi connectivity index (χ3n) is 8.61. The fourth-order valence-corrected chi connectivity index (χ4v) is 6.36. The highest BCUT2D eigenvalue weighted by molar-refractivity contribution is 6.05. The van der Waals surface area contributed by atoms with Gasteiger partial charge < -0.3 is 24.2 Å². The topological polar surface area (TPSA) is 101 Å². The highest BCUT2D eigenvalue weighted by atomic mass is 16.5. The van der Waals surface area contributed by atoms with Gasteiger partial charge in [-0.2, -0.15) is 0 Å². The molecule has 1 N–H and O–H groups in total. The minimum absolute atomic E-state index is 0.0584. The number of carbonyl (C=O) groups excluding carboxylic acids is 1. The zero-order chi connectivity index (χ0) is 30.8. The Hall–Kier alpha value is -4.76. The maximum atomic E-state index is 13.7. The van der Waals surface area contributed by atoms with Crippen LogP contribution in [0.5, 0.6) is 5.75 Å². The molecule has 1 aliphatic rings. The number of amides is 1. The van der Waals surface area contributed by atoms with Crippen LogP contribution in [0.2, 0.25) is 0 Å². The summed E-state index contributed by atoms with van der Waals surface area (Å²) in [5.41, 5.74) is 4.84. The summed E-state index contributed by atoms with van der Waals surface area (Å²) in [5, 5.41) is 13.6. The minimum Gasteiger partial charge on any atom is -0.493 e. The van der Waals surface area contributed by atoms with Crippen LogP contribution in [0.4, 0.5) is 0 Å². The molecule has 2 aromatic heterocycles. The van der Waals surface area contributed by atoms with Crippen molar-refractivity contribution in [3.63, 3.8) is 0 Å². The first-order valence-electron chi connectivity index (χ1n) is 15.1. The van der Waals surface area contributed by atoms with Gasteiger partial charge in [-0.25, -0.2) is 14.8 Å². The van der Waals surface area contributed by atoms with Gasteiger partial charge >= 0.3 is 5.97 Å². The summed E-state index contributed by atoms with van der Waals surface area (Å²) in [6.45, 7) is 7.03. The Morgan fingerprint density at radius 3 is 2.32 bits per heavy atom. The summed E-state index contributed by atoms with van der Waals surface area (Å²) >= 11 is 0. The molecule has 0 saturated carbocycles. The van der Waals surface area contributed by atoms with Crippen LogP contribution in [0.25, 0.3) is 32.8 Å². The molecule has 1 aliphatic heterocycles. The van der Waals surface area contributed by atoms with Crippen LogP contribution in [-0.2, 0) is 17.8 Å². The molecule has 0 radical (unpaired) electrons. The van der Waals surface area contributed by atoms with Crippen LogP contribution in [0, 0.1) is 13.8 Å². The molecular formula is C35H37N5O4. The summed E-state index contributed by atoms with van der Waals surface area (Å²) in [6.07, 6.45) is 2.62. The second-order valence-electron chi connectivity index (χ2n) is 11.5. The zero-order valence-electron chi connectivity index (χ0n) is 25.4. The summed E-state index contributed by atoms with van der Waals surface area (Å²) in [6, 6.07) is 19.9. The number of carboxylic acids is 1. The molecule has 3 heterocycles. The van der Waals surface area contributed by atoms with E-state index >= 15 is 0 Å². The van der Waals surface area contributed by atoms with E-state index in [1.165, 1.54) is 6.33 Å². The number of carbonyl (C=O) groups is 2. The molecule has 226 valence electrons. The number of carboxylic acid groups (broad SMARTS) is 1. The van der Waals surface area contributed by atoms with Crippen molar-refractivity contribution in [3.05, 3.63) is 89.6 Å². The summed E-state index contributed by atoms with van der Waals surface area (Å²) < 4.78 is 7.91. The van der Waals surface area contributed by atoms with Crippen molar-refractivity contribution < 1.29 is 19.4 Å². The fraction of sp³-hybridized carbons (Fsp3) is 0.314. The second kappa shape index (κ2) is 12.5. The maximum Gasteiger partial charge on any atom is 0.352 e. The van der Waals surface area contributed by atoms with Gasteiger partial charge in [0.25, 0.3) is 0 Å². The lowest BCUT2D eigenvalue weighted by Gasteiger charge is -2.32. The van der Waals surface area contributed by atoms with Crippen LogP contribution >= 0.6 is 0 Å². The predicted molar refractivity (Wildman–Crippen MR) is 171 cm³/mol. The third-order valence-corrected chi connectivity index (χ3v) is 8.61. The molecule has 0 atom stereocenters. The summed E-state index contributed by atoms with van der Waals surface area (Å²) in [5.74, 6) is -0.337. The smallest absolute Gasteiger partial charge is 0.352 e. The van der Waals surface area contributed by atoms with Crippen LogP contribution < -0.4 is 4.74 Å². The SMILES string of the molecule is Cc1ncnc(C)c1-c1cccc2c(CCCOc3cccc4ccccc34)c(C(=O)O)n(CC(=O)N3CCN(C)CC3)c12. The molecule has 0 spiro atoms. The Morgan fingerprint density at radius 2 is 1.57 bits per heavy atom. The lowest BCUT2D eigenvalue weighted by Crippen LogP contribution is -2.48. The van der Waals surface area contributed by atoms with E-state index in [0.717, 1.165) is 63.0 Å². The first kappa shape index (κ1) is 29.3. The van der Waals surface area contributed by atoms with E-state index < -0.39 is 5.97 Å². The van der Waals surface area contributed by atoms with Gasteiger partial charge in [-0.05, 0) is 50.8 Å². The largest absolute Gasteiger partial charge is 0.493 e. The molecule has 44 heavy (non-hydrogen) atoms. The number of aryl methyl sites for hydroxylation is 3. The average Bonchev–Trinajstić information content (AvgIpc) is 3.33. The van der Waals surface area contributed by atoms with Gasteiger partial charge in [-0.15, -0.1) is 0 Å². The van der Waals surface area contributed by atoms with Crippen LogP contribution in [0.15, 0.2) is 67.0 Å². The van der Waals surface area contributed by atoms with Crippen LogP contribution in [0.1, 0.15) is 33.9 Å². The number of piperazine rings is 1. The minimum atomic E-state index is -1.05. The number of rotatable bonds is 9. The van der Waals surface area contributed by atoms with Gasteiger partial charge in [0.2, 0.25) is 5.91 Å². The van der Waals surface area contributed by atoms with Crippen molar-refractivity contribution in [2.45, 2.75) is 33.2 Å². The Kier molecular flexibility index (Phi) is 8.30. The van der Waals surface area contributed by atoms with Crippen LogP contribution in [0.3, 0.4) is 0 Å². The quantitative estimate of drug-likeness (QED) is 0.231. The van der Waals surface area contributed by atoms with E-state index in [-0.39, 0.29) is 18.1 Å². The normalized spacial score (nSPS) is 13.9. The first-order valence-corrected chi connectivity index (χ1v) is 15.1. The molecule has 9 heteroatoms. The number of hydrogen-bond acceptors (Lipinski definition) is 6. The molecule has 3 aromatic carbocycles. The van der Waals surface area contributed by atoms with Crippen molar-refractivity contribution >= 4 is 33.6 Å². The van der Waals surface area contributed by atoms with E-state index in [2.05, 4.69) is 27.0 Å². The van der Waals surface area contributed by atoms with Crippen molar-refractivity contribution in [1.82, 2.24) is 24.3 Å². The average molecular weight is 592 g/mol. The van der Waals surface area contributed by atoms with Crippen molar-refractivity contribution in [1.29, 1.82) is 0 Å². The lowest BCUT2D eigenvalue weighted by atomic mass is 9.98. The Labute approximate surface area is 256 Å². The Bertz CT molecular complexity index is 1830. The van der Waals surface area contributed by atoms with E-state index in [1.807, 2.05) is 74.3 Å². The highest BCUT2D eigenvalue weighted by Crippen LogP contribution is 2.37. The number of nitrogens with zero attached hydrogens (tertiary/aromatic N) is 5. The Morgan fingerprint density at radius 1 is 0.886 bits per heavy atom. The number of hydrogen-bond donors (Lipinski definition) is 1. The molecule has 6 rings (SSSR count). The summed E-state index contributed by atoms with van der Waals surface area (Å²) in [7, 11) is 2.04. The summed E-state index contributed by atoms with van der Waals surface area (Å²) in [4.78, 5) is 39.5. The predicted octanol–water partition coefficient (Wildman–Crippen LogP) is 5.35. The number of benzene rings is 3. The standard InChI is InChI=1S/C35H37N5O4/c1-23-32(24(2)37-22-36-23)29-13-7-12-27-28(14-8-20-44-30-15-6-10-25-9-4-5-11-26(25)30)34(35(42)43)40(33(27)29)21-31(41)39-18-16-38(3)17-19-39/h4-7,9-13,15,22H,8,14,16-21H2,1-3H3,(H,42,43). The molecule has 0 unspecified atom stereocenters. The van der Waals surface area contributed by atoms with Gasteiger partial charge in [0.1, 0.15) is 24.3 Å². The number of likely N-dealkylation sites (N-methyl/N-ethyl adjacent to an activating group) is 1. The van der Waals surface area contributed by atoms with Crippen molar-refractivity contribution in [2.24, 2.45) is 0 Å². The number of ether oxygens (including phenoxy) is 1. The third kappa shape index (κ3) is 5.63. The van der Waals surface area contributed by atoms with Crippen LogP contribution in [-0.4, -0.2) is 81.2 Å². The number of aromatic nitrogens is 3. The number of aromatic carboxylic acids is 1. The molecule has 9 nitrogen and oxygen atoms in total. The number of fused-ring (bicyclic) bond motifs is 2. The Balaban J connectivity index is 1.39. The van der Waals surface area contributed by atoms with E-state index in [4.69, 9.17) is 4.74 Å². The lowest BCUT2D eigenvalue weighted by molar-refractivity contribution is -0.133. The molecule has 5 aromatic rings. The van der Waals surface area contributed by atoms with Gasteiger partial charge in [0.15, 0.2) is 0 Å². The number of para-hydroxylation sites is 1. The van der Waals surface area contributed by atoms with Gasteiger partial charge in [-0.1, -0.05) is 54.6 Å². The monoisotopic (exact) mass is 591 g/mol. The maximum absolute atomic E-state index is 13.7. The van der Waals surface area contributed by atoms with Crippen molar-refractivity contribution in [3.8, 4) is 16.9 Å². The molecule has 0 bridgehead atoms. The molecule has 1 amide bonds. The van der Waals surface area contributed by atoms with E-state index in [9.17, 15) is 14.7 Å². The highest BCUT2D eigenvalue weighted by Gasteiger charge is 2.28. The molecule has 1 fully saturated rings. The molecule has 0 aliphatic carbocycles. The first-order chi connectivity index (χ1) is 21.3. The molecule has 1 saturated heterocycles. The zero-order valence-corrected chi connectivity index (χ0v) is 25.4.